The quantitative estimate of drug-likeness (QED) is 0.775. The van der Waals surface area contributed by atoms with Gasteiger partial charge in [0, 0.05) is 19.0 Å². The first-order valence-corrected chi connectivity index (χ1v) is 9.07. The summed E-state index contributed by atoms with van der Waals surface area (Å²) in [5.74, 6) is 0.416. The van der Waals surface area contributed by atoms with E-state index in [0.29, 0.717) is 29.2 Å². The molecule has 0 spiro atoms. The number of rotatable bonds is 6. The molecular formula is C21H22N2O5. The number of ether oxygens (including phenoxy) is 2. The van der Waals surface area contributed by atoms with Crippen molar-refractivity contribution in [1.29, 1.82) is 0 Å². The second kappa shape index (κ2) is 8.56. The molecule has 1 N–H and O–H groups in total. The molecule has 2 amide bonds. The van der Waals surface area contributed by atoms with Gasteiger partial charge >= 0.3 is 0 Å². The molecule has 1 aliphatic rings. The van der Waals surface area contributed by atoms with Crippen LogP contribution in [0.15, 0.2) is 48.5 Å². The van der Waals surface area contributed by atoms with Gasteiger partial charge in [0.2, 0.25) is 0 Å². The van der Waals surface area contributed by atoms with E-state index in [1.165, 1.54) is 11.9 Å². The van der Waals surface area contributed by atoms with Gasteiger partial charge in [0.25, 0.3) is 11.8 Å². The minimum atomic E-state index is -0.789. The Kier molecular flexibility index (Phi) is 5.93. The molecule has 2 aromatic carbocycles. The minimum absolute atomic E-state index is 0.0489. The van der Waals surface area contributed by atoms with Gasteiger partial charge in [-0.15, -0.1) is 0 Å². The molecule has 0 unspecified atom stereocenters. The van der Waals surface area contributed by atoms with Gasteiger partial charge in [-0.05, 0) is 36.4 Å². The fraction of sp³-hybridized carbons (Fsp3) is 0.286. The maximum atomic E-state index is 12.8. The highest BCUT2D eigenvalue weighted by molar-refractivity contribution is 5.98. The van der Waals surface area contributed by atoms with Crippen LogP contribution in [-0.2, 0) is 9.59 Å². The topological polar surface area (TPSA) is 84.9 Å². The van der Waals surface area contributed by atoms with Crippen molar-refractivity contribution in [2.45, 2.75) is 19.4 Å². The number of para-hydroxylation sites is 2. The Hall–Kier alpha value is -3.35. The van der Waals surface area contributed by atoms with Crippen molar-refractivity contribution in [1.82, 2.24) is 5.32 Å². The fourth-order valence-electron chi connectivity index (χ4n) is 2.93. The summed E-state index contributed by atoms with van der Waals surface area (Å²) in [5, 5.41) is 2.54. The van der Waals surface area contributed by atoms with Gasteiger partial charge in [-0.25, -0.2) is 0 Å². The van der Waals surface area contributed by atoms with Crippen LogP contribution in [0.2, 0.25) is 0 Å². The Morgan fingerprint density at radius 3 is 2.54 bits per heavy atom. The number of nitrogens with one attached hydrogen (secondary N) is 1. The molecule has 3 rings (SSSR count). The third-order valence-corrected chi connectivity index (χ3v) is 4.47. The first-order chi connectivity index (χ1) is 13.5. The molecule has 28 heavy (non-hydrogen) atoms. The Morgan fingerprint density at radius 1 is 1.14 bits per heavy atom. The zero-order chi connectivity index (χ0) is 20.1. The molecule has 2 aromatic rings. The summed E-state index contributed by atoms with van der Waals surface area (Å²) in [6.07, 6.45) is -0.357. The van der Waals surface area contributed by atoms with E-state index in [4.69, 9.17) is 9.47 Å². The zero-order valence-electron chi connectivity index (χ0n) is 15.8. The zero-order valence-corrected chi connectivity index (χ0v) is 15.8. The second-order valence-corrected chi connectivity index (χ2v) is 6.28. The monoisotopic (exact) mass is 382 g/mol. The number of hydrogen-bond acceptors (Lipinski definition) is 5. The molecule has 0 fully saturated rings. The standard InChI is InChI=1S/C21H22N2O5/c1-3-17(24)14-8-10-15(11-9-14)27-13-20(25)23-12-19(21(26)22-2)28-18-7-5-4-6-16(18)23/h4-11,19H,3,12-13H2,1-2H3,(H,22,26)/t19-/m1/s1. The molecule has 7 nitrogen and oxygen atoms in total. The third-order valence-electron chi connectivity index (χ3n) is 4.47. The van der Waals surface area contributed by atoms with Gasteiger partial charge in [0.05, 0.1) is 12.2 Å². The molecule has 0 radical (unpaired) electrons. The highest BCUT2D eigenvalue weighted by Gasteiger charge is 2.33. The van der Waals surface area contributed by atoms with Gasteiger partial charge in [0.1, 0.15) is 11.5 Å². The maximum absolute atomic E-state index is 12.8. The molecule has 146 valence electrons. The number of carbonyl (C=O) groups is 3. The maximum Gasteiger partial charge on any atom is 0.265 e. The Bertz CT molecular complexity index is 879. The minimum Gasteiger partial charge on any atom is -0.484 e. The summed E-state index contributed by atoms with van der Waals surface area (Å²) >= 11 is 0. The van der Waals surface area contributed by atoms with Crippen LogP contribution in [0.1, 0.15) is 23.7 Å². The van der Waals surface area contributed by atoms with Crippen molar-refractivity contribution >= 4 is 23.3 Å². The Balaban J connectivity index is 1.70. The van der Waals surface area contributed by atoms with E-state index in [-0.39, 0.29) is 30.7 Å². The van der Waals surface area contributed by atoms with E-state index in [1.54, 1.807) is 55.5 Å². The highest BCUT2D eigenvalue weighted by atomic mass is 16.5. The molecule has 1 heterocycles. The van der Waals surface area contributed by atoms with Crippen LogP contribution < -0.4 is 19.7 Å². The van der Waals surface area contributed by atoms with Crippen molar-refractivity contribution in [2.75, 3.05) is 25.1 Å². The van der Waals surface area contributed by atoms with Crippen LogP contribution >= 0.6 is 0 Å². The largest absolute Gasteiger partial charge is 0.484 e. The van der Waals surface area contributed by atoms with Crippen molar-refractivity contribution in [2.24, 2.45) is 0 Å². The van der Waals surface area contributed by atoms with Crippen LogP contribution in [-0.4, -0.2) is 43.9 Å². The summed E-state index contributed by atoms with van der Waals surface area (Å²) in [4.78, 5) is 37.9. The van der Waals surface area contributed by atoms with E-state index in [2.05, 4.69) is 5.32 Å². The number of likely N-dealkylation sites (N-methyl/N-ethyl adjacent to an activating group) is 1. The van der Waals surface area contributed by atoms with E-state index in [1.807, 2.05) is 0 Å². The predicted octanol–water partition coefficient (Wildman–Crippen LogP) is 2.20. The fourth-order valence-corrected chi connectivity index (χ4v) is 2.93. The van der Waals surface area contributed by atoms with Crippen LogP contribution in [0.3, 0.4) is 0 Å². The van der Waals surface area contributed by atoms with Gasteiger partial charge in [-0.1, -0.05) is 19.1 Å². The SMILES string of the molecule is CCC(=O)c1ccc(OCC(=O)N2C[C@H](C(=O)NC)Oc3ccccc32)cc1. The van der Waals surface area contributed by atoms with Crippen molar-refractivity contribution < 1.29 is 23.9 Å². The number of amides is 2. The summed E-state index contributed by atoms with van der Waals surface area (Å²) in [5.41, 5.74) is 1.21. The third kappa shape index (κ3) is 4.14. The lowest BCUT2D eigenvalue weighted by Gasteiger charge is -2.33. The lowest BCUT2D eigenvalue weighted by atomic mass is 10.1. The first-order valence-electron chi connectivity index (χ1n) is 9.07. The van der Waals surface area contributed by atoms with Crippen molar-refractivity contribution in [3.05, 3.63) is 54.1 Å². The molecule has 0 bridgehead atoms. The number of fused-ring (bicyclic) bond motifs is 1. The smallest absolute Gasteiger partial charge is 0.265 e. The second-order valence-electron chi connectivity index (χ2n) is 6.28. The number of carbonyl (C=O) groups excluding carboxylic acids is 3. The summed E-state index contributed by atoms with van der Waals surface area (Å²) < 4.78 is 11.3. The highest BCUT2D eigenvalue weighted by Crippen LogP contribution is 2.33. The predicted molar refractivity (Wildman–Crippen MR) is 104 cm³/mol. The van der Waals surface area contributed by atoms with Crippen LogP contribution in [0.5, 0.6) is 11.5 Å². The molecule has 1 atom stereocenters. The average Bonchev–Trinajstić information content (AvgIpc) is 2.75. The normalized spacial score (nSPS) is 15.2. The number of nitrogens with zero attached hydrogens (tertiary/aromatic N) is 1. The number of anilines is 1. The number of hydrogen-bond donors (Lipinski definition) is 1. The lowest BCUT2D eigenvalue weighted by Crippen LogP contribution is -2.51. The molecule has 0 aromatic heterocycles. The summed E-state index contributed by atoms with van der Waals surface area (Å²) in [6.45, 7) is 1.70. The molecule has 0 aliphatic carbocycles. The average molecular weight is 382 g/mol. The molecule has 0 saturated carbocycles. The van der Waals surface area contributed by atoms with E-state index >= 15 is 0 Å². The van der Waals surface area contributed by atoms with Gasteiger partial charge in [0.15, 0.2) is 18.5 Å². The van der Waals surface area contributed by atoms with Crippen molar-refractivity contribution in [3.63, 3.8) is 0 Å². The van der Waals surface area contributed by atoms with Gasteiger partial charge in [-0.3, -0.25) is 14.4 Å². The van der Waals surface area contributed by atoms with Crippen molar-refractivity contribution in [3.8, 4) is 11.5 Å². The van der Waals surface area contributed by atoms with Crippen LogP contribution in [0.4, 0.5) is 5.69 Å². The Morgan fingerprint density at radius 2 is 1.86 bits per heavy atom. The number of benzene rings is 2. The van der Waals surface area contributed by atoms with E-state index < -0.39 is 6.10 Å². The molecule has 0 saturated heterocycles. The number of Topliss-reactive ketones (excluding diaryl/α,β-unsaturated/α-hetero) is 1. The lowest BCUT2D eigenvalue weighted by molar-refractivity contribution is -0.128. The summed E-state index contributed by atoms with van der Waals surface area (Å²) in [6, 6.07) is 13.7. The Labute approximate surface area is 163 Å². The van der Waals surface area contributed by atoms with E-state index in [9.17, 15) is 14.4 Å². The van der Waals surface area contributed by atoms with Gasteiger partial charge < -0.3 is 19.7 Å². The number of ketones is 1. The van der Waals surface area contributed by atoms with Gasteiger partial charge in [-0.2, -0.15) is 0 Å². The van der Waals surface area contributed by atoms with Crippen LogP contribution in [0, 0.1) is 0 Å². The molecule has 7 heteroatoms. The van der Waals surface area contributed by atoms with E-state index in [0.717, 1.165) is 0 Å². The summed E-state index contributed by atoms with van der Waals surface area (Å²) in [7, 11) is 1.52. The van der Waals surface area contributed by atoms with Crippen LogP contribution in [0.25, 0.3) is 0 Å². The molecule has 1 aliphatic heterocycles. The first kappa shape index (κ1) is 19.4. The molecular weight excluding hydrogens is 360 g/mol.